The minimum atomic E-state index is 0.329. The number of rotatable bonds is 4. The Labute approximate surface area is 106 Å². The van der Waals surface area contributed by atoms with E-state index in [0.717, 1.165) is 16.7 Å². The van der Waals surface area contributed by atoms with E-state index in [2.05, 4.69) is 0 Å². The molecular weight excluding hydrogens is 243 g/mol. The van der Waals surface area contributed by atoms with Crippen LogP contribution < -0.4 is 0 Å². The number of allylic oxidation sites excluding steroid dienone is 2. The van der Waals surface area contributed by atoms with Crippen LogP contribution in [-0.4, -0.2) is 5.11 Å². The lowest BCUT2D eigenvalue weighted by Crippen LogP contribution is -1.91. The van der Waals surface area contributed by atoms with Gasteiger partial charge in [0.15, 0.2) is 0 Å². The first-order valence-electron chi connectivity index (χ1n) is 5.01. The first-order valence-corrected chi connectivity index (χ1v) is 5.88. The normalized spacial score (nSPS) is 11.7. The van der Waals surface area contributed by atoms with Gasteiger partial charge in [-0.05, 0) is 30.9 Å². The molecule has 0 bridgehead atoms. The predicted molar refractivity (Wildman–Crippen MR) is 70.2 cm³/mol. The Morgan fingerprint density at radius 1 is 1.06 bits per heavy atom. The lowest BCUT2D eigenvalue weighted by atomic mass is 10.0. The summed E-state index contributed by atoms with van der Waals surface area (Å²) in [5.74, 6) is 0.329. The topological polar surface area (TPSA) is 20.2 Å². The fourth-order valence-electron chi connectivity index (χ4n) is 1.59. The van der Waals surface area contributed by atoms with Gasteiger partial charge in [0.25, 0.3) is 0 Å². The minimum absolute atomic E-state index is 0.329. The molecule has 0 radical (unpaired) electrons. The lowest BCUT2D eigenvalue weighted by molar-refractivity contribution is 0.464. The van der Waals surface area contributed by atoms with Crippen LogP contribution >= 0.6 is 23.2 Å². The molecule has 0 amide bonds. The highest BCUT2D eigenvalue weighted by Crippen LogP contribution is 2.26. The molecule has 0 aliphatic heterocycles. The van der Waals surface area contributed by atoms with Gasteiger partial charge < -0.3 is 5.11 Å². The molecule has 0 fully saturated rings. The van der Waals surface area contributed by atoms with E-state index in [4.69, 9.17) is 23.2 Å². The molecule has 1 N–H and O–H groups in total. The minimum Gasteiger partial charge on any atom is -0.507 e. The molecule has 1 aromatic carbocycles. The number of halogens is 2. The van der Waals surface area contributed by atoms with Crippen molar-refractivity contribution in [3.05, 3.63) is 52.0 Å². The zero-order chi connectivity index (χ0) is 12.0. The van der Waals surface area contributed by atoms with Gasteiger partial charge in [-0.3, -0.25) is 0 Å². The maximum absolute atomic E-state index is 10.0. The largest absolute Gasteiger partial charge is 0.507 e. The highest BCUT2D eigenvalue weighted by Gasteiger charge is 2.06. The lowest BCUT2D eigenvalue weighted by Gasteiger charge is -2.08. The van der Waals surface area contributed by atoms with Crippen molar-refractivity contribution in [1.82, 2.24) is 0 Å². The summed E-state index contributed by atoms with van der Waals surface area (Å²) in [6.07, 6.45) is 4.87. The molecule has 0 spiro atoms. The molecule has 0 unspecified atom stereocenters. The standard InChI is InChI=1S/C13H14Cl2O/c1-10-8-11(4-2-6-14)13(16)12(9-10)5-3-7-15/h2-3,6-9,16H,4-5H2,1H3. The van der Waals surface area contributed by atoms with Crippen molar-refractivity contribution in [3.63, 3.8) is 0 Å². The van der Waals surface area contributed by atoms with Crippen LogP contribution in [0.25, 0.3) is 0 Å². The summed E-state index contributed by atoms with van der Waals surface area (Å²) in [7, 11) is 0. The van der Waals surface area contributed by atoms with Gasteiger partial charge in [-0.2, -0.15) is 0 Å². The number of benzene rings is 1. The second-order valence-electron chi connectivity index (χ2n) is 3.56. The molecule has 0 aliphatic carbocycles. The van der Waals surface area contributed by atoms with Crippen molar-refractivity contribution in [1.29, 1.82) is 0 Å². The molecule has 0 saturated carbocycles. The molecule has 0 aliphatic rings. The first-order chi connectivity index (χ1) is 7.69. The Hall–Kier alpha value is -0.920. The maximum atomic E-state index is 10.0. The van der Waals surface area contributed by atoms with Crippen molar-refractivity contribution >= 4 is 23.2 Å². The fourth-order valence-corrected chi connectivity index (χ4v) is 1.77. The smallest absolute Gasteiger partial charge is 0.122 e. The third-order valence-electron chi connectivity index (χ3n) is 2.27. The molecule has 0 saturated heterocycles. The van der Waals surface area contributed by atoms with Crippen LogP contribution in [0, 0.1) is 6.92 Å². The molecule has 0 aromatic heterocycles. The highest BCUT2D eigenvalue weighted by atomic mass is 35.5. The number of hydrogen-bond acceptors (Lipinski definition) is 1. The van der Waals surface area contributed by atoms with Crippen molar-refractivity contribution < 1.29 is 5.11 Å². The van der Waals surface area contributed by atoms with Crippen molar-refractivity contribution in [3.8, 4) is 5.75 Å². The van der Waals surface area contributed by atoms with E-state index in [0.29, 0.717) is 18.6 Å². The molecule has 16 heavy (non-hydrogen) atoms. The number of hydrogen-bond donors (Lipinski definition) is 1. The van der Waals surface area contributed by atoms with Crippen LogP contribution in [0.3, 0.4) is 0 Å². The average molecular weight is 257 g/mol. The molecule has 0 heterocycles. The van der Waals surface area contributed by atoms with E-state index in [1.54, 1.807) is 12.2 Å². The number of phenols is 1. The van der Waals surface area contributed by atoms with E-state index in [1.807, 2.05) is 19.1 Å². The summed E-state index contributed by atoms with van der Waals surface area (Å²) >= 11 is 11.0. The van der Waals surface area contributed by atoms with Crippen LogP contribution in [0.4, 0.5) is 0 Å². The molecule has 1 rings (SSSR count). The van der Waals surface area contributed by atoms with Crippen LogP contribution in [0.2, 0.25) is 0 Å². The van der Waals surface area contributed by atoms with Gasteiger partial charge in [0.2, 0.25) is 0 Å². The number of aromatic hydroxyl groups is 1. The van der Waals surface area contributed by atoms with E-state index in [9.17, 15) is 5.11 Å². The molecule has 1 aromatic rings. The summed E-state index contributed by atoms with van der Waals surface area (Å²) in [6, 6.07) is 3.92. The molecule has 0 atom stereocenters. The summed E-state index contributed by atoms with van der Waals surface area (Å²) in [5.41, 5.74) is 5.80. The zero-order valence-electron chi connectivity index (χ0n) is 9.08. The Morgan fingerprint density at radius 2 is 1.50 bits per heavy atom. The summed E-state index contributed by atoms with van der Waals surface area (Å²) in [6.45, 7) is 2.00. The predicted octanol–water partition coefficient (Wildman–Crippen LogP) is 4.29. The van der Waals surface area contributed by atoms with Gasteiger partial charge in [0, 0.05) is 11.1 Å². The van der Waals surface area contributed by atoms with Gasteiger partial charge in [0.05, 0.1) is 0 Å². The van der Waals surface area contributed by atoms with Gasteiger partial charge in [-0.25, -0.2) is 0 Å². The van der Waals surface area contributed by atoms with Crippen molar-refractivity contribution in [2.45, 2.75) is 19.8 Å². The van der Waals surface area contributed by atoms with Crippen molar-refractivity contribution in [2.75, 3.05) is 0 Å². The molecule has 86 valence electrons. The van der Waals surface area contributed by atoms with Crippen LogP contribution in [0.15, 0.2) is 35.4 Å². The van der Waals surface area contributed by atoms with Gasteiger partial charge in [-0.1, -0.05) is 53.1 Å². The molecule has 3 heteroatoms. The van der Waals surface area contributed by atoms with E-state index in [-0.39, 0.29) is 0 Å². The monoisotopic (exact) mass is 256 g/mol. The SMILES string of the molecule is Cc1cc(CC=CCl)c(O)c(CC=CCl)c1. The van der Waals surface area contributed by atoms with E-state index < -0.39 is 0 Å². The second kappa shape index (κ2) is 6.62. The quantitative estimate of drug-likeness (QED) is 0.853. The first kappa shape index (κ1) is 13.1. The second-order valence-corrected chi connectivity index (χ2v) is 4.07. The zero-order valence-corrected chi connectivity index (χ0v) is 10.6. The number of phenolic OH excluding ortho intramolecular Hbond substituents is 1. The van der Waals surface area contributed by atoms with Crippen molar-refractivity contribution in [2.24, 2.45) is 0 Å². The maximum Gasteiger partial charge on any atom is 0.122 e. The van der Waals surface area contributed by atoms with Gasteiger partial charge >= 0.3 is 0 Å². The summed E-state index contributed by atoms with van der Waals surface area (Å²) in [4.78, 5) is 0. The average Bonchev–Trinajstić information content (AvgIpc) is 2.28. The van der Waals surface area contributed by atoms with Gasteiger partial charge in [-0.15, -0.1) is 0 Å². The number of aryl methyl sites for hydroxylation is 1. The van der Waals surface area contributed by atoms with Crippen LogP contribution in [0.1, 0.15) is 16.7 Å². The van der Waals surface area contributed by atoms with E-state index >= 15 is 0 Å². The Kier molecular flexibility index (Phi) is 5.44. The van der Waals surface area contributed by atoms with Gasteiger partial charge in [0.1, 0.15) is 5.75 Å². The van der Waals surface area contributed by atoms with E-state index in [1.165, 1.54) is 11.1 Å². The summed E-state index contributed by atoms with van der Waals surface area (Å²) < 4.78 is 0. The highest BCUT2D eigenvalue weighted by molar-refractivity contribution is 6.25. The molecular formula is C13H14Cl2O. The molecule has 1 nitrogen and oxygen atoms in total. The Balaban J connectivity index is 3.04. The Morgan fingerprint density at radius 3 is 1.88 bits per heavy atom. The third-order valence-corrected chi connectivity index (χ3v) is 2.62. The van der Waals surface area contributed by atoms with Crippen LogP contribution in [0.5, 0.6) is 5.75 Å². The fraction of sp³-hybridized carbons (Fsp3) is 0.231. The third kappa shape index (κ3) is 3.58. The summed E-state index contributed by atoms with van der Waals surface area (Å²) in [5, 5.41) is 10.0. The van der Waals surface area contributed by atoms with Crippen LogP contribution in [-0.2, 0) is 12.8 Å². The Bertz CT molecular complexity index is 373.